The summed E-state index contributed by atoms with van der Waals surface area (Å²) in [6.07, 6.45) is 4.44. The van der Waals surface area contributed by atoms with Gasteiger partial charge in [0.05, 0.1) is 5.54 Å². The zero-order chi connectivity index (χ0) is 21.8. The first kappa shape index (κ1) is 21.5. The van der Waals surface area contributed by atoms with Gasteiger partial charge < -0.3 is 15.3 Å². The van der Waals surface area contributed by atoms with Gasteiger partial charge in [0.25, 0.3) is 0 Å². The summed E-state index contributed by atoms with van der Waals surface area (Å²) in [5.74, 6) is -1.62. The molecule has 0 aliphatic carbocycles. The Balaban J connectivity index is 0.000000318. The van der Waals surface area contributed by atoms with E-state index in [4.69, 9.17) is 9.90 Å². The SMILES string of the molecule is O=C(O)C(F)(F)F.O=C1CC(c2ccncc2)C2(CCN(c3ncccn3)CC2)N1. The van der Waals surface area contributed by atoms with E-state index in [0.717, 1.165) is 31.9 Å². The molecule has 2 aromatic rings. The number of piperidine rings is 1. The molecule has 1 amide bonds. The molecule has 0 aromatic carbocycles. The standard InChI is InChI=1S/C17H19N5O.C2HF3O2/c23-15-12-14(13-2-8-18-9-3-13)17(21-15)4-10-22(11-5-17)16-19-6-1-7-20-16;3-2(4,5)1(6)7/h1-3,6-9,14H,4-5,10-12H2,(H,21,23);(H,6,7). The number of nitrogens with zero attached hydrogens (tertiary/aromatic N) is 4. The molecule has 2 aliphatic rings. The van der Waals surface area contributed by atoms with E-state index in [1.165, 1.54) is 5.56 Å². The van der Waals surface area contributed by atoms with Gasteiger partial charge in [0.2, 0.25) is 11.9 Å². The number of aromatic nitrogens is 3. The molecule has 1 spiro atoms. The van der Waals surface area contributed by atoms with Crippen LogP contribution in [0.15, 0.2) is 43.0 Å². The van der Waals surface area contributed by atoms with Gasteiger partial charge in [0, 0.05) is 50.2 Å². The van der Waals surface area contributed by atoms with Gasteiger partial charge in [-0.2, -0.15) is 13.2 Å². The largest absolute Gasteiger partial charge is 0.490 e. The van der Waals surface area contributed by atoms with Gasteiger partial charge in [0.15, 0.2) is 0 Å². The molecule has 2 fully saturated rings. The fraction of sp³-hybridized carbons (Fsp3) is 0.421. The molecule has 2 aromatic heterocycles. The normalized spacial score (nSPS) is 20.3. The third kappa shape index (κ3) is 4.84. The maximum atomic E-state index is 12.1. The van der Waals surface area contributed by atoms with E-state index in [9.17, 15) is 18.0 Å². The molecule has 11 heteroatoms. The van der Waals surface area contributed by atoms with Crippen LogP contribution in [0.1, 0.15) is 30.7 Å². The first-order valence-electron chi connectivity index (χ1n) is 9.24. The first-order chi connectivity index (χ1) is 14.2. The number of anilines is 1. The molecule has 160 valence electrons. The molecule has 1 atom stereocenters. The summed E-state index contributed by atoms with van der Waals surface area (Å²) in [5.41, 5.74) is 1.05. The van der Waals surface area contributed by atoms with Crippen molar-refractivity contribution < 1.29 is 27.9 Å². The molecule has 4 heterocycles. The number of carboxylic acids is 1. The highest BCUT2D eigenvalue weighted by atomic mass is 19.4. The van der Waals surface area contributed by atoms with Gasteiger partial charge in [-0.1, -0.05) is 0 Å². The highest BCUT2D eigenvalue weighted by Gasteiger charge is 2.48. The molecule has 0 radical (unpaired) electrons. The van der Waals surface area contributed by atoms with E-state index < -0.39 is 12.1 Å². The molecule has 8 nitrogen and oxygen atoms in total. The van der Waals surface area contributed by atoms with E-state index in [1.54, 1.807) is 24.8 Å². The molecule has 30 heavy (non-hydrogen) atoms. The molecule has 2 aliphatic heterocycles. The second-order valence-electron chi connectivity index (χ2n) is 7.08. The number of amides is 1. The lowest BCUT2D eigenvalue weighted by Crippen LogP contribution is -2.53. The lowest BCUT2D eigenvalue weighted by Gasteiger charge is -2.42. The van der Waals surface area contributed by atoms with Crippen LogP contribution in [0.5, 0.6) is 0 Å². The van der Waals surface area contributed by atoms with Crippen molar-refractivity contribution in [2.45, 2.75) is 36.9 Å². The van der Waals surface area contributed by atoms with Crippen molar-refractivity contribution in [3.8, 4) is 0 Å². The van der Waals surface area contributed by atoms with Crippen molar-refractivity contribution in [3.05, 3.63) is 48.5 Å². The van der Waals surface area contributed by atoms with Crippen LogP contribution in [0.2, 0.25) is 0 Å². The topological polar surface area (TPSA) is 108 Å². The third-order valence-electron chi connectivity index (χ3n) is 5.29. The van der Waals surface area contributed by atoms with E-state index in [0.29, 0.717) is 6.42 Å². The van der Waals surface area contributed by atoms with Crippen LogP contribution in [0.25, 0.3) is 0 Å². The minimum atomic E-state index is -5.08. The van der Waals surface area contributed by atoms with Crippen molar-refractivity contribution in [1.82, 2.24) is 20.3 Å². The Labute approximate surface area is 170 Å². The Morgan fingerprint density at radius 2 is 1.70 bits per heavy atom. The molecular weight excluding hydrogens is 403 g/mol. The Bertz CT molecular complexity index is 872. The summed E-state index contributed by atoms with van der Waals surface area (Å²) >= 11 is 0. The zero-order valence-corrected chi connectivity index (χ0v) is 15.8. The fourth-order valence-corrected chi connectivity index (χ4v) is 3.86. The van der Waals surface area contributed by atoms with Gasteiger partial charge in [-0.15, -0.1) is 0 Å². The molecule has 1 unspecified atom stereocenters. The smallest absolute Gasteiger partial charge is 0.475 e. The molecular formula is C19H20F3N5O3. The Morgan fingerprint density at radius 3 is 2.23 bits per heavy atom. The summed E-state index contributed by atoms with van der Waals surface area (Å²) in [4.78, 5) is 35.9. The number of hydrogen-bond donors (Lipinski definition) is 2. The maximum Gasteiger partial charge on any atom is 0.490 e. The Kier molecular flexibility index (Phi) is 6.18. The second kappa shape index (κ2) is 8.64. The predicted molar refractivity (Wildman–Crippen MR) is 99.6 cm³/mol. The van der Waals surface area contributed by atoms with Crippen molar-refractivity contribution >= 4 is 17.8 Å². The van der Waals surface area contributed by atoms with Gasteiger partial charge in [0.1, 0.15) is 0 Å². The van der Waals surface area contributed by atoms with Crippen LogP contribution in [-0.2, 0) is 9.59 Å². The van der Waals surface area contributed by atoms with Gasteiger partial charge >= 0.3 is 12.1 Å². The number of aliphatic carboxylic acids is 1. The molecule has 4 rings (SSSR count). The highest BCUT2D eigenvalue weighted by molar-refractivity contribution is 5.81. The van der Waals surface area contributed by atoms with Crippen LogP contribution in [-0.4, -0.2) is 56.7 Å². The second-order valence-corrected chi connectivity index (χ2v) is 7.08. The number of rotatable bonds is 2. The fourth-order valence-electron chi connectivity index (χ4n) is 3.86. The van der Waals surface area contributed by atoms with Crippen molar-refractivity contribution in [2.75, 3.05) is 18.0 Å². The lowest BCUT2D eigenvalue weighted by molar-refractivity contribution is -0.192. The maximum absolute atomic E-state index is 12.1. The summed E-state index contributed by atoms with van der Waals surface area (Å²) in [5, 5.41) is 10.4. The van der Waals surface area contributed by atoms with Crippen molar-refractivity contribution in [2.24, 2.45) is 0 Å². The summed E-state index contributed by atoms with van der Waals surface area (Å²) in [7, 11) is 0. The molecule has 2 N–H and O–H groups in total. The van der Waals surface area contributed by atoms with Crippen LogP contribution >= 0.6 is 0 Å². The third-order valence-corrected chi connectivity index (χ3v) is 5.29. The number of carboxylic acid groups (broad SMARTS) is 1. The number of carbonyl (C=O) groups is 2. The first-order valence-corrected chi connectivity index (χ1v) is 9.24. The van der Waals surface area contributed by atoms with Crippen molar-refractivity contribution in [3.63, 3.8) is 0 Å². The van der Waals surface area contributed by atoms with Gasteiger partial charge in [-0.25, -0.2) is 14.8 Å². The average Bonchev–Trinajstić information content (AvgIpc) is 3.05. The van der Waals surface area contributed by atoms with E-state index in [2.05, 4.69) is 25.2 Å². The molecule has 0 bridgehead atoms. The van der Waals surface area contributed by atoms with E-state index in [-0.39, 0.29) is 17.4 Å². The summed E-state index contributed by atoms with van der Waals surface area (Å²) in [6, 6.07) is 5.88. The van der Waals surface area contributed by atoms with Crippen molar-refractivity contribution in [1.29, 1.82) is 0 Å². The van der Waals surface area contributed by atoms with Crippen LogP contribution in [0.4, 0.5) is 19.1 Å². The number of nitrogens with one attached hydrogen (secondary N) is 1. The van der Waals surface area contributed by atoms with E-state index in [1.807, 2.05) is 18.2 Å². The summed E-state index contributed by atoms with van der Waals surface area (Å²) < 4.78 is 31.7. The number of hydrogen-bond acceptors (Lipinski definition) is 6. The minimum Gasteiger partial charge on any atom is -0.475 e. The molecule has 0 saturated carbocycles. The van der Waals surface area contributed by atoms with Gasteiger partial charge in [-0.3, -0.25) is 9.78 Å². The van der Waals surface area contributed by atoms with E-state index >= 15 is 0 Å². The summed E-state index contributed by atoms with van der Waals surface area (Å²) in [6.45, 7) is 1.71. The zero-order valence-electron chi connectivity index (χ0n) is 15.8. The predicted octanol–water partition coefficient (Wildman–Crippen LogP) is 2.15. The monoisotopic (exact) mass is 423 g/mol. The number of pyridine rings is 1. The minimum absolute atomic E-state index is 0.149. The lowest BCUT2D eigenvalue weighted by atomic mass is 9.74. The van der Waals surface area contributed by atoms with Crippen LogP contribution in [0, 0.1) is 0 Å². The quantitative estimate of drug-likeness (QED) is 0.762. The number of halogens is 3. The van der Waals surface area contributed by atoms with Gasteiger partial charge in [-0.05, 0) is 36.6 Å². The van der Waals surface area contributed by atoms with Crippen LogP contribution < -0.4 is 10.2 Å². The number of carbonyl (C=O) groups excluding carboxylic acids is 1. The van der Waals surface area contributed by atoms with Crippen LogP contribution in [0.3, 0.4) is 0 Å². The highest BCUT2D eigenvalue weighted by Crippen LogP contribution is 2.43. The Hall–Kier alpha value is -3.24. The molecule has 2 saturated heterocycles. The number of alkyl halides is 3. The Morgan fingerprint density at radius 1 is 1.13 bits per heavy atom. The average molecular weight is 423 g/mol.